The number of hydrogen-bond donors (Lipinski definition) is 1. The zero-order valence-corrected chi connectivity index (χ0v) is 9.98. The molecule has 0 unspecified atom stereocenters. The molecule has 5 heteroatoms. The molecular formula is C11H16O4S. The summed E-state index contributed by atoms with van der Waals surface area (Å²) in [5.74, 6) is -0.131. The Balaban J connectivity index is 2.46. The summed E-state index contributed by atoms with van der Waals surface area (Å²) in [5, 5.41) is 8.96. The van der Waals surface area contributed by atoms with E-state index in [1.807, 2.05) is 6.07 Å². The molecule has 1 rings (SSSR count). The summed E-state index contributed by atoms with van der Waals surface area (Å²) < 4.78 is 27.7. The Labute approximate surface area is 96.0 Å². The van der Waals surface area contributed by atoms with E-state index in [0.717, 1.165) is 0 Å². The zero-order valence-electron chi connectivity index (χ0n) is 9.17. The van der Waals surface area contributed by atoms with E-state index in [4.69, 9.17) is 9.29 Å². The summed E-state index contributed by atoms with van der Waals surface area (Å²) in [4.78, 5) is 0. The highest BCUT2D eigenvalue weighted by molar-refractivity contribution is 7.85. The van der Waals surface area contributed by atoms with Gasteiger partial charge in [0, 0.05) is 0 Å². The molecule has 0 aliphatic carbocycles. The first-order chi connectivity index (χ1) is 7.49. The number of benzene rings is 1. The fraction of sp³-hybridized carbons (Fsp3) is 0.455. The predicted octanol–water partition coefficient (Wildman–Crippen LogP) is 1.30. The topological polar surface area (TPSA) is 63.6 Å². The standard InChI is InChI=1S/C11H16O4S/c1-10(12)7-8-15-16(13,14)9-11-5-3-2-4-6-11/h2-6,10,12H,7-9H2,1H3/t10-/m0/s1. The van der Waals surface area contributed by atoms with Gasteiger partial charge in [-0.2, -0.15) is 8.42 Å². The maximum Gasteiger partial charge on any atom is 0.271 e. The van der Waals surface area contributed by atoms with Crippen molar-refractivity contribution in [3.8, 4) is 0 Å². The Morgan fingerprint density at radius 2 is 1.94 bits per heavy atom. The fourth-order valence-electron chi connectivity index (χ4n) is 1.17. The molecule has 0 radical (unpaired) electrons. The smallest absolute Gasteiger partial charge is 0.271 e. The van der Waals surface area contributed by atoms with Gasteiger partial charge in [-0.3, -0.25) is 4.18 Å². The second kappa shape index (κ2) is 5.98. The molecule has 1 N–H and O–H groups in total. The molecule has 0 aliphatic rings. The van der Waals surface area contributed by atoms with E-state index in [0.29, 0.717) is 12.0 Å². The summed E-state index contributed by atoms with van der Waals surface area (Å²) in [6, 6.07) is 8.84. The molecule has 0 aliphatic heterocycles. The van der Waals surface area contributed by atoms with Gasteiger partial charge in [-0.1, -0.05) is 30.3 Å². The molecule has 90 valence electrons. The van der Waals surface area contributed by atoms with Gasteiger partial charge in [0.25, 0.3) is 10.1 Å². The fourth-order valence-corrected chi connectivity index (χ4v) is 2.20. The van der Waals surface area contributed by atoms with Crippen LogP contribution in [-0.4, -0.2) is 26.2 Å². The quantitative estimate of drug-likeness (QED) is 0.766. The lowest BCUT2D eigenvalue weighted by Crippen LogP contribution is -2.13. The first kappa shape index (κ1) is 13.2. The van der Waals surface area contributed by atoms with Gasteiger partial charge < -0.3 is 5.11 Å². The second-order valence-corrected chi connectivity index (χ2v) is 5.29. The Morgan fingerprint density at radius 3 is 2.50 bits per heavy atom. The first-order valence-electron chi connectivity index (χ1n) is 5.09. The van der Waals surface area contributed by atoms with Crippen LogP contribution in [0.5, 0.6) is 0 Å². The first-order valence-corrected chi connectivity index (χ1v) is 6.66. The average molecular weight is 244 g/mol. The number of rotatable bonds is 6. The van der Waals surface area contributed by atoms with Crippen LogP contribution in [-0.2, 0) is 20.1 Å². The van der Waals surface area contributed by atoms with Gasteiger partial charge in [0.15, 0.2) is 0 Å². The van der Waals surface area contributed by atoms with Crippen LogP contribution in [0.25, 0.3) is 0 Å². The van der Waals surface area contributed by atoms with Gasteiger partial charge in [0.1, 0.15) is 5.75 Å². The lowest BCUT2D eigenvalue weighted by molar-refractivity contribution is 0.157. The summed E-state index contributed by atoms with van der Waals surface area (Å²) >= 11 is 0. The van der Waals surface area contributed by atoms with Crippen LogP contribution >= 0.6 is 0 Å². The molecule has 0 fully saturated rings. The van der Waals surface area contributed by atoms with Crippen molar-refractivity contribution in [2.24, 2.45) is 0 Å². The molecule has 1 atom stereocenters. The zero-order chi connectivity index (χ0) is 12.0. The van der Waals surface area contributed by atoms with Crippen molar-refractivity contribution < 1.29 is 17.7 Å². The molecule has 0 heterocycles. The summed E-state index contributed by atoms with van der Waals surface area (Å²) in [6.45, 7) is 1.61. The van der Waals surface area contributed by atoms with Gasteiger partial charge >= 0.3 is 0 Å². The lowest BCUT2D eigenvalue weighted by Gasteiger charge is -2.06. The molecule has 0 amide bonds. The third-order valence-electron chi connectivity index (χ3n) is 1.98. The summed E-state index contributed by atoms with van der Waals surface area (Å²) in [6.07, 6.45) is -0.236. The predicted molar refractivity (Wildman–Crippen MR) is 61.3 cm³/mol. The lowest BCUT2D eigenvalue weighted by atomic mass is 10.2. The minimum atomic E-state index is -3.54. The Bertz CT molecular complexity index is 397. The monoisotopic (exact) mass is 244 g/mol. The Morgan fingerprint density at radius 1 is 1.31 bits per heavy atom. The highest BCUT2D eigenvalue weighted by Gasteiger charge is 2.12. The van der Waals surface area contributed by atoms with E-state index in [-0.39, 0.29) is 12.4 Å². The minimum absolute atomic E-state index is 0.0207. The molecule has 0 bridgehead atoms. The van der Waals surface area contributed by atoms with Crippen molar-refractivity contribution in [3.63, 3.8) is 0 Å². The van der Waals surface area contributed by atoms with Crippen molar-refractivity contribution in [2.45, 2.75) is 25.2 Å². The van der Waals surface area contributed by atoms with Crippen LogP contribution in [0.1, 0.15) is 18.9 Å². The van der Waals surface area contributed by atoms with Gasteiger partial charge in [0.05, 0.1) is 12.7 Å². The van der Waals surface area contributed by atoms with Crippen molar-refractivity contribution >= 4 is 10.1 Å². The van der Waals surface area contributed by atoms with Crippen molar-refractivity contribution in [1.82, 2.24) is 0 Å². The maximum atomic E-state index is 11.5. The van der Waals surface area contributed by atoms with E-state index in [2.05, 4.69) is 0 Å². The van der Waals surface area contributed by atoms with Gasteiger partial charge in [-0.25, -0.2) is 0 Å². The largest absolute Gasteiger partial charge is 0.393 e. The normalized spacial score (nSPS) is 13.6. The van der Waals surface area contributed by atoms with E-state index in [1.165, 1.54) is 0 Å². The SMILES string of the molecule is C[C@H](O)CCOS(=O)(=O)Cc1ccccc1. The second-order valence-electron chi connectivity index (χ2n) is 3.65. The van der Waals surface area contributed by atoms with Crippen LogP contribution in [0.15, 0.2) is 30.3 Å². The van der Waals surface area contributed by atoms with Crippen LogP contribution in [0, 0.1) is 0 Å². The third kappa shape index (κ3) is 5.25. The van der Waals surface area contributed by atoms with Crippen LogP contribution in [0.3, 0.4) is 0 Å². The van der Waals surface area contributed by atoms with E-state index in [1.54, 1.807) is 31.2 Å². The Hall–Kier alpha value is -0.910. The van der Waals surface area contributed by atoms with Crippen molar-refractivity contribution in [3.05, 3.63) is 35.9 Å². The molecule has 0 spiro atoms. The molecule has 0 saturated heterocycles. The number of aliphatic hydroxyl groups is 1. The van der Waals surface area contributed by atoms with Crippen molar-refractivity contribution in [1.29, 1.82) is 0 Å². The van der Waals surface area contributed by atoms with Crippen LogP contribution in [0.2, 0.25) is 0 Å². The van der Waals surface area contributed by atoms with E-state index >= 15 is 0 Å². The molecule has 1 aromatic carbocycles. The van der Waals surface area contributed by atoms with Crippen molar-refractivity contribution in [2.75, 3.05) is 6.61 Å². The highest BCUT2D eigenvalue weighted by Crippen LogP contribution is 2.07. The summed E-state index contributed by atoms with van der Waals surface area (Å²) in [5.41, 5.74) is 0.694. The molecule has 16 heavy (non-hydrogen) atoms. The number of hydrogen-bond acceptors (Lipinski definition) is 4. The average Bonchev–Trinajstić information content (AvgIpc) is 2.17. The van der Waals surface area contributed by atoms with Crippen LogP contribution in [0.4, 0.5) is 0 Å². The van der Waals surface area contributed by atoms with E-state index in [9.17, 15) is 8.42 Å². The van der Waals surface area contributed by atoms with Crippen LogP contribution < -0.4 is 0 Å². The molecule has 0 aromatic heterocycles. The number of aliphatic hydroxyl groups excluding tert-OH is 1. The molecular weight excluding hydrogens is 228 g/mol. The van der Waals surface area contributed by atoms with Gasteiger partial charge in [-0.05, 0) is 18.9 Å². The van der Waals surface area contributed by atoms with Gasteiger partial charge in [0.2, 0.25) is 0 Å². The molecule has 4 nitrogen and oxygen atoms in total. The minimum Gasteiger partial charge on any atom is -0.393 e. The van der Waals surface area contributed by atoms with E-state index < -0.39 is 16.2 Å². The van der Waals surface area contributed by atoms with Gasteiger partial charge in [-0.15, -0.1) is 0 Å². The summed E-state index contributed by atoms with van der Waals surface area (Å²) in [7, 11) is -3.54. The third-order valence-corrected chi connectivity index (χ3v) is 3.20. The maximum absolute atomic E-state index is 11.5. The molecule has 1 aromatic rings. The Kier molecular flexibility index (Phi) is 4.92. The highest BCUT2D eigenvalue weighted by atomic mass is 32.2. The molecule has 0 saturated carbocycles.